The molecule has 0 spiro atoms. The van der Waals surface area contributed by atoms with Gasteiger partial charge in [-0.2, -0.15) is 0 Å². The number of amides is 3. The van der Waals surface area contributed by atoms with Gasteiger partial charge in [-0.05, 0) is 52.3 Å². The Morgan fingerprint density at radius 1 is 1.15 bits per heavy atom. The van der Waals surface area contributed by atoms with Crippen LogP contribution < -0.4 is 20.1 Å². The van der Waals surface area contributed by atoms with Gasteiger partial charge in [-0.15, -0.1) is 0 Å². The van der Waals surface area contributed by atoms with E-state index in [1.165, 1.54) is 6.42 Å². The normalized spacial score (nSPS) is 17.4. The summed E-state index contributed by atoms with van der Waals surface area (Å²) in [6, 6.07) is 4.96. The topological polar surface area (TPSA) is 79.9 Å². The van der Waals surface area contributed by atoms with E-state index in [4.69, 9.17) is 9.47 Å². The number of urea groups is 1. The van der Waals surface area contributed by atoms with Crippen molar-refractivity contribution in [2.45, 2.75) is 46.1 Å². The first-order valence-corrected chi connectivity index (χ1v) is 9.28. The molecule has 2 rings (SSSR count). The standard InChI is InChI=1S/C19H29N3O4/c1-4-25-16-10-9-15(12-17(16)26-5-2)20-19(24)21-18(23)13-22-11-7-6-8-14(22)3/h9-10,12,14H,4-8,11,13H2,1-3H3,(H2,20,21,23,24). The maximum atomic E-state index is 12.1. The lowest BCUT2D eigenvalue weighted by Crippen LogP contribution is -2.46. The number of likely N-dealkylation sites (tertiary alicyclic amines) is 1. The van der Waals surface area contributed by atoms with E-state index in [0.29, 0.717) is 36.4 Å². The second-order valence-corrected chi connectivity index (χ2v) is 6.35. The molecule has 1 fully saturated rings. The number of anilines is 1. The Morgan fingerprint density at radius 2 is 1.88 bits per heavy atom. The minimum Gasteiger partial charge on any atom is -0.490 e. The van der Waals surface area contributed by atoms with Crippen molar-refractivity contribution in [1.29, 1.82) is 0 Å². The van der Waals surface area contributed by atoms with Gasteiger partial charge in [0, 0.05) is 17.8 Å². The van der Waals surface area contributed by atoms with Crippen molar-refractivity contribution < 1.29 is 19.1 Å². The molecule has 1 atom stereocenters. The van der Waals surface area contributed by atoms with E-state index < -0.39 is 6.03 Å². The third-order valence-corrected chi connectivity index (χ3v) is 4.34. The van der Waals surface area contributed by atoms with Gasteiger partial charge in [0.05, 0.1) is 19.8 Å². The summed E-state index contributed by atoms with van der Waals surface area (Å²) >= 11 is 0. The monoisotopic (exact) mass is 363 g/mol. The Bertz CT molecular complexity index is 621. The predicted octanol–water partition coefficient (Wildman–Crippen LogP) is 3.01. The number of carbonyl (C=O) groups is 2. The molecule has 7 heteroatoms. The zero-order valence-electron chi connectivity index (χ0n) is 15.8. The lowest BCUT2D eigenvalue weighted by molar-refractivity contribution is -0.121. The third kappa shape index (κ3) is 5.91. The summed E-state index contributed by atoms with van der Waals surface area (Å²) in [6.07, 6.45) is 3.38. The molecule has 144 valence electrons. The highest BCUT2D eigenvalue weighted by atomic mass is 16.5. The van der Waals surface area contributed by atoms with Crippen LogP contribution in [-0.4, -0.2) is 49.2 Å². The molecule has 1 unspecified atom stereocenters. The Hall–Kier alpha value is -2.28. The Labute approximate surface area is 155 Å². The summed E-state index contributed by atoms with van der Waals surface area (Å²) in [5, 5.41) is 5.05. The van der Waals surface area contributed by atoms with Gasteiger partial charge in [-0.25, -0.2) is 4.79 Å². The van der Waals surface area contributed by atoms with Crippen molar-refractivity contribution in [3.8, 4) is 11.5 Å². The minimum absolute atomic E-state index is 0.238. The molecule has 2 N–H and O–H groups in total. The van der Waals surface area contributed by atoms with Crippen molar-refractivity contribution in [2.75, 3.05) is 31.6 Å². The van der Waals surface area contributed by atoms with Crippen LogP contribution in [0.3, 0.4) is 0 Å². The summed E-state index contributed by atoms with van der Waals surface area (Å²) in [6.45, 7) is 8.03. The Kier molecular flexibility index (Phi) is 7.72. The number of ether oxygens (including phenoxy) is 2. The van der Waals surface area contributed by atoms with Gasteiger partial charge in [0.15, 0.2) is 11.5 Å². The number of hydrogen-bond donors (Lipinski definition) is 2. The molecule has 0 aromatic heterocycles. The highest BCUT2D eigenvalue weighted by Gasteiger charge is 2.21. The van der Waals surface area contributed by atoms with E-state index in [1.54, 1.807) is 18.2 Å². The molecule has 1 aromatic rings. The van der Waals surface area contributed by atoms with Crippen LogP contribution >= 0.6 is 0 Å². The van der Waals surface area contributed by atoms with Crippen molar-refractivity contribution in [2.24, 2.45) is 0 Å². The lowest BCUT2D eigenvalue weighted by Gasteiger charge is -2.32. The van der Waals surface area contributed by atoms with Gasteiger partial charge >= 0.3 is 6.03 Å². The van der Waals surface area contributed by atoms with E-state index in [-0.39, 0.29) is 12.5 Å². The molecule has 1 aliphatic rings. The molecule has 1 aromatic carbocycles. The van der Waals surface area contributed by atoms with Gasteiger partial charge in [-0.3, -0.25) is 15.0 Å². The largest absolute Gasteiger partial charge is 0.490 e. The van der Waals surface area contributed by atoms with Crippen molar-refractivity contribution in [1.82, 2.24) is 10.2 Å². The second-order valence-electron chi connectivity index (χ2n) is 6.35. The van der Waals surface area contributed by atoms with Gasteiger partial charge in [0.2, 0.25) is 5.91 Å². The Balaban J connectivity index is 1.90. The fraction of sp³-hybridized carbons (Fsp3) is 0.579. The predicted molar refractivity (Wildman–Crippen MR) is 101 cm³/mol. The van der Waals surface area contributed by atoms with Crippen LogP contribution in [0, 0.1) is 0 Å². The molecule has 0 aliphatic carbocycles. The minimum atomic E-state index is -0.550. The van der Waals surface area contributed by atoms with E-state index in [2.05, 4.69) is 22.5 Å². The van der Waals surface area contributed by atoms with Crippen LogP contribution in [0.4, 0.5) is 10.5 Å². The van der Waals surface area contributed by atoms with Gasteiger partial charge < -0.3 is 14.8 Å². The van der Waals surface area contributed by atoms with Gasteiger partial charge in [0.25, 0.3) is 0 Å². The SMILES string of the molecule is CCOc1ccc(NC(=O)NC(=O)CN2CCCCC2C)cc1OCC. The van der Waals surface area contributed by atoms with E-state index >= 15 is 0 Å². The maximum Gasteiger partial charge on any atom is 0.325 e. The van der Waals surface area contributed by atoms with Crippen molar-refractivity contribution >= 4 is 17.6 Å². The van der Waals surface area contributed by atoms with E-state index in [1.807, 2.05) is 13.8 Å². The molecule has 0 bridgehead atoms. The molecule has 0 radical (unpaired) electrons. The molecule has 1 saturated heterocycles. The average Bonchev–Trinajstić information content (AvgIpc) is 2.59. The number of nitrogens with zero attached hydrogens (tertiary/aromatic N) is 1. The number of benzene rings is 1. The number of carbonyl (C=O) groups excluding carboxylic acids is 2. The highest BCUT2D eigenvalue weighted by molar-refractivity contribution is 6.01. The number of nitrogens with one attached hydrogen (secondary N) is 2. The fourth-order valence-electron chi connectivity index (χ4n) is 3.03. The first-order valence-electron chi connectivity index (χ1n) is 9.28. The van der Waals surface area contributed by atoms with E-state index in [9.17, 15) is 9.59 Å². The zero-order chi connectivity index (χ0) is 18.9. The maximum absolute atomic E-state index is 12.1. The summed E-state index contributed by atoms with van der Waals surface area (Å²) in [5.41, 5.74) is 0.536. The first kappa shape index (κ1) is 20.0. The summed E-state index contributed by atoms with van der Waals surface area (Å²) in [7, 11) is 0. The van der Waals surface area contributed by atoms with Crippen LogP contribution in [0.5, 0.6) is 11.5 Å². The van der Waals surface area contributed by atoms with Crippen LogP contribution in [0.1, 0.15) is 40.0 Å². The number of imide groups is 1. The molecular weight excluding hydrogens is 334 g/mol. The van der Waals surface area contributed by atoms with Gasteiger partial charge in [-0.1, -0.05) is 6.42 Å². The highest BCUT2D eigenvalue weighted by Crippen LogP contribution is 2.30. The van der Waals surface area contributed by atoms with Crippen LogP contribution in [0.15, 0.2) is 18.2 Å². The average molecular weight is 363 g/mol. The summed E-state index contributed by atoms with van der Waals surface area (Å²) in [4.78, 5) is 26.3. The molecule has 3 amide bonds. The van der Waals surface area contributed by atoms with Crippen molar-refractivity contribution in [3.05, 3.63) is 18.2 Å². The van der Waals surface area contributed by atoms with E-state index in [0.717, 1.165) is 19.4 Å². The molecule has 7 nitrogen and oxygen atoms in total. The lowest BCUT2D eigenvalue weighted by atomic mass is 10.0. The fourth-order valence-corrected chi connectivity index (χ4v) is 3.03. The van der Waals surface area contributed by atoms with Gasteiger partial charge in [0.1, 0.15) is 0 Å². The first-order chi connectivity index (χ1) is 12.5. The second kappa shape index (κ2) is 10.0. The number of piperidine rings is 1. The van der Waals surface area contributed by atoms with Crippen LogP contribution in [-0.2, 0) is 4.79 Å². The number of rotatable bonds is 7. The summed E-state index contributed by atoms with van der Waals surface area (Å²) < 4.78 is 11.0. The smallest absolute Gasteiger partial charge is 0.325 e. The molecular formula is C19H29N3O4. The number of hydrogen-bond acceptors (Lipinski definition) is 5. The molecule has 1 aliphatic heterocycles. The van der Waals surface area contributed by atoms with Crippen molar-refractivity contribution in [3.63, 3.8) is 0 Å². The molecule has 26 heavy (non-hydrogen) atoms. The van der Waals surface area contributed by atoms with Crippen LogP contribution in [0.25, 0.3) is 0 Å². The zero-order valence-corrected chi connectivity index (χ0v) is 15.8. The molecule has 0 saturated carbocycles. The third-order valence-electron chi connectivity index (χ3n) is 4.34. The summed E-state index contributed by atoms with van der Waals surface area (Å²) in [5.74, 6) is 0.878. The Morgan fingerprint density at radius 3 is 2.58 bits per heavy atom. The van der Waals surface area contributed by atoms with Crippen LogP contribution in [0.2, 0.25) is 0 Å². The quantitative estimate of drug-likeness (QED) is 0.778. The molecule has 1 heterocycles.